The van der Waals surface area contributed by atoms with Crippen molar-refractivity contribution in [3.63, 3.8) is 0 Å². The second-order valence-electron chi connectivity index (χ2n) is 6.26. The first kappa shape index (κ1) is 20.8. The molecular weight excluding hydrogens is 364 g/mol. The third-order valence-electron chi connectivity index (χ3n) is 4.30. The van der Waals surface area contributed by atoms with Gasteiger partial charge in [-0.15, -0.1) is 0 Å². The molecule has 0 aromatic heterocycles. The van der Waals surface area contributed by atoms with Gasteiger partial charge in [0.1, 0.15) is 5.75 Å². The van der Waals surface area contributed by atoms with Crippen molar-refractivity contribution in [1.29, 1.82) is 0 Å². The highest BCUT2D eigenvalue weighted by Gasteiger charge is 2.21. The SMILES string of the molecule is CCN(Cc1ccc(OC)cc1)C(=O)CC(NC(C)=O)c1ccc(Cl)cc1. The maximum Gasteiger partial charge on any atom is 0.225 e. The van der Waals surface area contributed by atoms with Gasteiger partial charge in [-0.05, 0) is 42.3 Å². The lowest BCUT2D eigenvalue weighted by Gasteiger charge is -2.25. The molecule has 2 amide bonds. The molecule has 1 N–H and O–H groups in total. The minimum atomic E-state index is -0.391. The Labute approximate surface area is 165 Å². The van der Waals surface area contributed by atoms with Crippen LogP contribution < -0.4 is 10.1 Å². The van der Waals surface area contributed by atoms with Crippen LogP contribution in [0.2, 0.25) is 5.02 Å². The van der Waals surface area contributed by atoms with E-state index in [4.69, 9.17) is 16.3 Å². The fraction of sp³-hybridized carbons (Fsp3) is 0.333. The zero-order chi connectivity index (χ0) is 19.8. The van der Waals surface area contributed by atoms with Gasteiger partial charge in [-0.3, -0.25) is 9.59 Å². The van der Waals surface area contributed by atoms with E-state index in [1.807, 2.05) is 43.3 Å². The molecule has 1 atom stereocenters. The second kappa shape index (κ2) is 9.97. The number of rotatable bonds is 8. The molecule has 0 aliphatic heterocycles. The van der Waals surface area contributed by atoms with Crippen LogP contribution in [0.15, 0.2) is 48.5 Å². The van der Waals surface area contributed by atoms with E-state index >= 15 is 0 Å². The smallest absolute Gasteiger partial charge is 0.225 e. The van der Waals surface area contributed by atoms with Gasteiger partial charge in [0.25, 0.3) is 0 Å². The monoisotopic (exact) mass is 388 g/mol. The Morgan fingerprint density at radius 3 is 2.26 bits per heavy atom. The zero-order valence-corrected chi connectivity index (χ0v) is 16.6. The molecule has 27 heavy (non-hydrogen) atoms. The number of carbonyl (C=O) groups is 2. The number of benzene rings is 2. The number of hydrogen-bond donors (Lipinski definition) is 1. The predicted molar refractivity (Wildman–Crippen MR) is 107 cm³/mol. The summed E-state index contributed by atoms with van der Waals surface area (Å²) in [6.07, 6.45) is 0.186. The first-order chi connectivity index (χ1) is 12.9. The highest BCUT2D eigenvalue weighted by atomic mass is 35.5. The van der Waals surface area contributed by atoms with Crippen molar-refractivity contribution >= 4 is 23.4 Å². The van der Waals surface area contributed by atoms with Crippen molar-refractivity contribution in [3.05, 3.63) is 64.7 Å². The predicted octanol–water partition coefficient (Wildman–Crippen LogP) is 3.96. The molecule has 0 spiro atoms. The molecule has 0 radical (unpaired) electrons. The van der Waals surface area contributed by atoms with Gasteiger partial charge in [-0.25, -0.2) is 0 Å². The molecule has 0 aliphatic rings. The molecule has 1 unspecified atom stereocenters. The van der Waals surface area contributed by atoms with Gasteiger partial charge in [0.2, 0.25) is 11.8 Å². The molecule has 144 valence electrons. The van der Waals surface area contributed by atoms with Crippen LogP contribution in [0.4, 0.5) is 0 Å². The van der Waals surface area contributed by atoms with E-state index in [0.717, 1.165) is 16.9 Å². The van der Waals surface area contributed by atoms with Crippen LogP contribution in [0.25, 0.3) is 0 Å². The van der Waals surface area contributed by atoms with E-state index in [2.05, 4.69) is 5.32 Å². The van der Waals surface area contributed by atoms with Crippen LogP contribution in [0.5, 0.6) is 5.75 Å². The van der Waals surface area contributed by atoms with E-state index in [-0.39, 0.29) is 18.2 Å². The van der Waals surface area contributed by atoms with Gasteiger partial charge in [0, 0.05) is 25.0 Å². The minimum absolute atomic E-state index is 0.0259. The molecule has 0 saturated carbocycles. The first-order valence-electron chi connectivity index (χ1n) is 8.86. The zero-order valence-electron chi connectivity index (χ0n) is 15.9. The van der Waals surface area contributed by atoms with Crippen molar-refractivity contribution in [1.82, 2.24) is 10.2 Å². The van der Waals surface area contributed by atoms with Crippen molar-refractivity contribution < 1.29 is 14.3 Å². The second-order valence-corrected chi connectivity index (χ2v) is 6.70. The number of hydrogen-bond acceptors (Lipinski definition) is 3. The average Bonchev–Trinajstić information content (AvgIpc) is 2.66. The number of halogens is 1. The van der Waals surface area contributed by atoms with Gasteiger partial charge < -0.3 is 15.0 Å². The third-order valence-corrected chi connectivity index (χ3v) is 4.55. The maximum atomic E-state index is 12.9. The van der Waals surface area contributed by atoms with E-state index in [0.29, 0.717) is 18.1 Å². The van der Waals surface area contributed by atoms with Crippen molar-refractivity contribution in [2.45, 2.75) is 32.9 Å². The quantitative estimate of drug-likeness (QED) is 0.744. The van der Waals surface area contributed by atoms with Crippen LogP contribution in [-0.4, -0.2) is 30.4 Å². The summed E-state index contributed by atoms with van der Waals surface area (Å²) in [4.78, 5) is 26.2. The lowest BCUT2D eigenvalue weighted by atomic mass is 10.0. The highest BCUT2D eigenvalue weighted by molar-refractivity contribution is 6.30. The molecule has 2 rings (SSSR count). The summed E-state index contributed by atoms with van der Waals surface area (Å²) >= 11 is 5.94. The Morgan fingerprint density at radius 1 is 1.11 bits per heavy atom. The number of carbonyl (C=O) groups excluding carboxylic acids is 2. The molecule has 0 bridgehead atoms. The van der Waals surface area contributed by atoms with E-state index in [9.17, 15) is 9.59 Å². The molecule has 6 heteroatoms. The third kappa shape index (κ3) is 6.29. The molecule has 2 aromatic carbocycles. The molecule has 0 heterocycles. The summed E-state index contributed by atoms with van der Waals surface area (Å²) in [5.41, 5.74) is 1.87. The van der Waals surface area contributed by atoms with Crippen LogP contribution in [0.1, 0.15) is 37.4 Å². The van der Waals surface area contributed by atoms with Gasteiger partial charge in [0.05, 0.1) is 19.6 Å². The summed E-state index contributed by atoms with van der Waals surface area (Å²) in [6, 6.07) is 14.4. The normalized spacial score (nSPS) is 11.6. The molecule has 0 saturated heterocycles. The fourth-order valence-corrected chi connectivity index (χ4v) is 2.95. The number of ether oxygens (including phenoxy) is 1. The summed E-state index contributed by atoms with van der Waals surface area (Å²) in [5.74, 6) is 0.574. The van der Waals surface area contributed by atoms with Crippen molar-refractivity contribution in [2.75, 3.05) is 13.7 Å². The van der Waals surface area contributed by atoms with E-state index in [1.54, 1.807) is 24.1 Å². The molecular formula is C21H25ClN2O3. The first-order valence-corrected chi connectivity index (χ1v) is 9.24. The fourth-order valence-electron chi connectivity index (χ4n) is 2.82. The van der Waals surface area contributed by atoms with E-state index in [1.165, 1.54) is 6.92 Å². The van der Waals surface area contributed by atoms with E-state index < -0.39 is 6.04 Å². The topological polar surface area (TPSA) is 58.6 Å². The molecule has 0 aliphatic carbocycles. The standard InChI is InChI=1S/C21H25ClN2O3/c1-4-24(14-16-5-11-19(27-3)12-6-16)21(26)13-20(23-15(2)25)17-7-9-18(22)10-8-17/h5-12,20H,4,13-14H2,1-3H3,(H,23,25). The number of amides is 2. The summed E-state index contributed by atoms with van der Waals surface area (Å²) < 4.78 is 5.16. The van der Waals surface area contributed by atoms with Crippen molar-refractivity contribution in [3.8, 4) is 5.75 Å². The lowest BCUT2D eigenvalue weighted by Crippen LogP contribution is -2.35. The Hall–Kier alpha value is -2.53. The van der Waals surface area contributed by atoms with Gasteiger partial charge >= 0.3 is 0 Å². The Balaban J connectivity index is 2.10. The molecule has 5 nitrogen and oxygen atoms in total. The Morgan fingerprint density at radius 2 is 1.74 bits per heavy atom. The minimum Gasteiger partial charge on any atom is -0.497 e. The van der Waals surface area contributed by atoms with Crippen molar-refractivity contribution in [2.24, 2.45) is 0 Å². The average molecular weight is 389 g/mol. The molecule has 0 fully saturated rings. The summed E-state index contributed by atoms with van der Waals surface area (Å²) in [7, 11) is 1.62. The molecule has 2 aromatic rings. The largest absolute Gasteiger partial charge is 0.497 e. The van der Waals surface area contributed by atoms with Crippen LogP contribution >= 0.6 is 11.6 Å². The van der Waals surface area contributed by atoms with Gasteiger partial charge in [0.15, 0.2) is 0 Å². The Bertz CT molecular complexity index is 760. The lowest BCUT2D eigenvalue weighted by molar-refractivity contribution is -0.132. The van der Waals surface area contributed by atoms with Gasteiger partial charge in [-0.2, -0.15) is 0 Å². The number of methoxy groups -OCH3 is 1. The van der Waals surface area contributed by atoms with Gasteiger partial charge in [-0.1, -0.05) is 35.9 Å². The number of nitrogens with zero attached hydrogens (tertiary/aromatic N) is 1. The maximum absolute atomic E-state index is 12.9. The van der Waals surface area contributed by atoms with Crippen LogP contribution in [0.3, 0.4) is 0 Å². The van der Waals surface area contributed by atoms with Crippen LogP contribution in [-0.2, 0) is 16.1 Å². The number of nitrogens with one attached hydrogen (secondary N) is 1. The highest BCUT2D eigenvalue weighted by Crippen LogP contribution is 2.21. The summed E-state index contributed by atoms with van der Waals surface area (Å²) in [6.45, 7) is 4.48. The Kier molecular flexibility index (Phi) is 7.67. The summed E-state index contributed by atoms with van der Waals surface area (Å²) in [5, 5.41) is 3.47. The van der Waals surface area contributed by atoms with Crippen LogP contribution in [0, 0.1) is 0 Å².